The summed E-state index contributed by atoms with van der Waals surface area (Å²) in [6, 6.07) is 10.8. The first-order valence-corrected chi connectivity index (χ1v) is 14.8. The first kappa shape index (κ1) is 33.6. The van der Waals surface area contributed by atoms with Crippen molar-refractivity contribution in [3.8, 4) is 11.5 Å². The van der Waals surface area contributed by atoms with E-state index in [4.69, 9.17) is 18.8 Å². The summed E-state index contributed by atoms with van der Waals surface area (Å²) < 4.78 is 83.3. The molecule has 4 rings (SSSR count). The summed E-state index contributed by atoms with van der Waals surface area (Å²) >= 11 is 0. The molecule has 2 saturated heterocycles. The fraction of sp³-hybridized carbons (Fsp3) is 0.531. The average molecular weight is 620 g/mol. The van der Waals surface area contributed by atoms with Gasteiger partial charge in [0.2, 0.25) is 0 Å². The lowest BCUT2D eigenvalue weighted by Crippen LogP contribution is -2.43. The highest BCUT2D eigenvalue weighted by Crippen LogP contribution is 2.48. The predicted molar refractivity (Wildman–Crippen MR) is 162 cm³/mol. The van der Waals surface area contributed by atoms with E-state index in [0.29, 0.717) is 19.4 Å². The van der Waals surface area contributed by atoms with Crippen molar-refractivity contribution in [2.75, 3.05) is 24.5 Å². The van der Waals surface area contributed by atoms with E-state index in [9.17, 15) is 18.0 Å². The van der Waals surface area contributed by atoms with Crippen molar-refractivity contribution in [1.82, 2.24) is 5.32 Å². The quantitative estimate of drug-likeness (QED) is 0.249. The Morgan fingerprint density at radius 1 is 1.07 bits per heavy atom. The molecule has 1 amide bonds. The highest BCUT2D eigenvalue weighted by Gasteiger charge is 2.53. The van der Waals surface area contributed by atoms with Gasteiger partial charge in [-0.25, -0.2) is 9.18 Å². The molecule has 240 valence electrons. The van der Waals surface area contributed by atoms with Crippen molar-refractivity contribution in [3.63, 3.8) is 0 Å². The van der Waals surface area contributed by atoms with Crippen LogP contribution in [0.3, 0.4) is 0 Å². The Labute approximate surface area is 257 Å². The number of amides is 1. The van der Waals surface area contributed by atoms with Crippen molar-refractivity contribution in [2.24, 2.45) is 5.92 Å². The number of rotatable bonds is 7. The molecule has 44 heavy (non-hydrogen) atoms. The van der Waals surface area contributed by atoms with Crippen LogP contribution in [0.25, 0.3) is 6.08 Å². The number of hydrogen-bond donors (Lipinski definition) is 1. The number of halogens is 4. The van der Waals surface area contributed by atoms with Gasteiger partial charge in [-0.05, 0) is 97.6 Å². The number of alkyl halides is 3. The highest BCUT2D eigenvalue weighted by atomic mass is 19.4. The van der Waals surface area contributed by atoms with Gasteiger partial charge in [0.05, 0.1) is 16.9 Å². The van der Waals surface area contributed by atoms with Crippen LogP contribution in [0.1, 0.15) is 72.4 Å². The van der Waals surface area contributed by atoms with Crippen molar-refractivity contribution < 1.29 is 41.1 Å². The molecule has 12 heteroatoms. The number of para-hydroxylation sites is 1. The molecule has 0 saturated carbocycles. The molecular weight excluding hydrogens is 579 g/mol. The van der Waals surface area contributed by atoms with Crippen molar-refractivity contribution in [2.45, 2.75) is 84.3 Å². The highest BCUT2D eigenvalue weighted by molar-refractivity contribution is 6.54. The number of piperidine rings is 1. The number of hydrogen-bond acceptors (Lipinski definition) is 6. The molecule has 0 spiro atoms. The van der Waals surface area contributed by atoms with E-state index in [1.807, 2.05) is 0 Å². The molecule has 0 unspecified atom stereocenters. The zero-order valence-electron chi connectivity index (χ0n) is 26.3. The molecule has 0 aromatic heterocycles. The number of anilines is 1. The van der Waals surface area contributed by atoms with E-state index in [0.717, 1.165) is 6.08 Å². The zero-order chi connectivity index (χ0) is 32.5. The lowest BCUT2D eigenvalue weighted by atomic mass is 9.86. The van der Waals surface area contributed by atoms with E-state index < -0.39 is 53.2 Å². The standard InChI is InChI=1S/C32H41BF4N2O5/c1-29(2,3)42-28(40)38-19-21-12-11-17-39(20-21)27-22(18-25(34)33-43-30(4,5)31(6,7)44-33)15-16-24(26(27)32(35,36)37)41-23-13-9-8-10-14-23/h8-10,13-16,18,21H,11-12,17,19-20H2,1-7H3,(H,38,40)/b25-18-/t21-/m0/s1. The number of carbonyl (C=O) groups excluding carboxylic acids is 1. The molecule has 7 nitrogen and oxygen atoms in total. The van der Waals surface area contributed by atoms with Gasteiger partial charge < -0.3 is 29.0 Å². The first-order valence-electron chi connectivity index (χ1n) is 14.8. The van der Waals surface area contributed by atoms with Gasteiger partial charge in [0.15, 0.2) is 0 Å². The van der Waals surface area contributed by atoms with Gasteiger partial charge in [0, 0.05) is 25.2 Å². The molecule has 1 N–H and O–H groups in total. The molecule has 2 aromatic carbocycles. The maximum absolute atomic E-state index is 15.7. The second-order valence-corrected chi connectivity index (χ2v) is 13.2. The Balaban J connectivity index is 1.74. The van der Waals surface area contributed by atoms with Gasteiger partial charge >= 0.3 is 19.4 Å². The predicted octanol–water partition coefficient (Wildman–Crippen LogP) is 8.18. The van der Waals surface area contributed by atoms with Crippen LogP contribution in [0, 0.1) is 5.92 Å². The van der Waals surface area contributed by atoms with Crippen LogP contribution in [-0.2, 0) is 20.2 Å². The third-order valence-electron chi connectivity index (χ3n) is 7.97. The Morgan fingerprint density at radius 2 is 1.70 bits per heavy atom. The van der Waals surface area contributed by atoms with Crippen LogP contribution < -0.4 is 15.0 Å². The van der Waals surface area contributed by atoms with E-state index in [1.54, 1.807) is 83.7 Å². The second-order valence-electron chi connectivity index (χ2n) is 13.2. The molecule has 2 aliphatic rings. The first-order chi connectivity index (χ1) is 20.4. The summed E-state index contributed by atoms with van der Waals surface area (Å²) in [5.41, 5.74) is -4.43. The minimum absolute atomic E-state index is 0.00528. The molecule has 2 fully saturated rings. The van der Waals surface area contributed by atoms with Crippen LogP contribution >= 0.6 is 0 Å². The number of benzene rings is 2. The summed E-state index contributed by atoms with van der Waals surface area (Å²) in [6.45, 7) is 13.0. The SMILES string of the molecule is CC(C)(C)OC(=O)NC[C@@H]1CCCN(c2c(/C=C(\F)B3OC(C)(C)C(C)(C)O3)ccc(Oc3ccccc3)c2C(F)(F)F)C1. The van der Waals surface area contributed by atoms with E-state index in [2.05, 4.69) is 5.32 Å². The minimum Gasteiger partial charge on any atom is -0.457 e. The Bertz CT molecular complexity index is 1340. The fourth-order valence-electron chi connectivity index (χ4n) is 5.17. The monoisotopic (exact) mass is 620 g/mol. The molecular formula is C32H41BF4N2O5. The van der Waals surface area contributed by atoms with Crippen LogP contribution in [0.2, 0.25) is 0 Å². The summed E-state index contributed by atoms with van der Waals surface area (Å²) in [4.78, 5) is 13.9. The lowest BCUT2D eigenvalue weighted by Gasteiger charge is -2.37. The fourth-order valence-corrected chi connectivity index (χ4v) is 5.17. The number of ether oxygens (including phenoxy) is 2. The van der Waals surface area contributed by atoms with E-state index in [-0.39, 0.29) is 36.0 Å². The second kappa shape index (κ2) is 12.6. The number of nitrogens with zero attached hydrogens (tertiary/aromatic N) is 1. The normalized spacial score (nSPS) is 20.4. The Morgan fingerprint density at radius 3 is 2.30 bits per heavy atom. The third kappa shape index (κ3) is 8.07. The molecule has 0 aliphatic carbocycles. The topological polar surface area (TPSA) is 69.3 Å². The number of carbonyl (C=O) groups is 1. The molecule has 2 aliphatic heterocycles. The Hall–Kier alpha value is -3.25. The van der Waals surface area contributed by atoms with Gasteiger partial charge in [0.25, 0.3) is 0 Å². The zero-order valence-corrected chi connectivity index (χ0v) is 26.3. The van der Waals surface area contributed by atoms with Gasteiger partial charge in [0.1, 0.15) is 28.4 Å². The average Bonchev–Trinajstić information content (AvgIpc) is 3.13. The number of nitrogens with one attached hydrogen (secondary N) is 1. The maximum atomic E-state index is 15.7. The largest absolute Gasteiger partial charge is 0.525 e. The molecule has 0 bridgehead atoms. The van der Waals surface area contributed by atoms with Crippen molar-refractivity contribution in [1.29, 1.82) is 0 Å². The summed E-state index contributed by atoms with van der Waals surface area (Å²) in [5.74, 6) is -0.351. The summed E-state index contributed by atoms with van der Waals surface area (Å²) in [6.07, 6.45) is -3.16. The minimum atomic E-state index is -4.84. The maximum Gasteiger partial charge on any atom is 0.525 e. The molecule has 0 radical (unpaired) electrons. The van der Waals surface area contributed by atoms with Crippen LogP contribution in [0.4, 0.5) is 28.0 Å². The summed E-state index contributed by atoms with van der Waals surface area (Å²) in [5, 5.41) is 2.73. The van der Waals surface area contributed by atoms with Gasteiger partial charge in [-0.1, -0.05) is 18.2 Å². The van der Waals surface area contributed by atoms with Crippen LogP contribution in [0.5, 0.6) is 11.5 Å². The Kier molecular flexibility index (Phi) is 9.66. The summed E-state index contributed by atoms with van der Waals surface area (Å²) in [7, 11) is -1.38. The lowest BCUT2D eigenvalue weighted by molar-refractivity contribution is -0.138. The third-order valence-corrected chi connectivity index (χ3v) is 7.97. The van der Waals surface area contributed by atoms with E-state index >= 15 is 4.39 Å². The van der Waals surface area contributed by atoms with Crippen molar-refractivity contribution in [3.05, 3.63) is 59.3 Å². The van der Waals surface area contributed by atoms with Gasteiger partial charge in [-0.3, -0.25) is 0 Å². The molecule has 2 heterocycles. The number of alkyl carbamates (subject to hydrolysis) is 1. The van der Waals surface area contributed by atoms with Gasteiger partial charge in [-0.2, -0.15) is 13.2 Å². The van der Waals surface area contributed by atoms with Crippen LogP contribution in [0.15, 0.2) is 48.2 Å². The van der Waals surface area contributed by atoms with E-state index in [1.165, 1.54) is 12.1 Å². The van der Waals surface area contributed by atoms with Crippen molar-refractivity contribution >= 4 is 25.0 Å². The smallest absolute Gasteiger partial charge is 0.457 e. The van der Waals surface area contributed by atoms with Crippen LogP contribution in [-0.4, -0.2) is 49.6 Å². The molecule has 2 aromatic rings. The van der Waals surface area contributed by atoms with Gasteiger partial charge in [-0.15, -0.1) is 0 Å². The molecule has 1 atom stereocenters.